The molecule has 10 amide bonds. The third-order valence-electron chi connectivity index (χ3n) is 18.2. The number of hydrogen-bond donors (Lipinski definition) is 7. The summed E-state index contributed by atoms with van der Waals surface area (Å²) in [4.78, 5) is 172. The molecule has 0 aliphatic carbocycles. The summed E-state index contributed by atoms with van der Waals surface area (Å²) >= 11 is 1.39. The fourth-order valence-corrected chi connectivity index (χ4v) is 13.3. The van der Waals surface area contributed by atoms with Crippen molar-refractivity contribution in [3.05, 3.63) is 12.2 Å². The van der Waals surface area contributed by atoms with Gasteiger partial charge in [0.15, 0.2) is 5.78 Å². The summed E-state index contributed by atoms with van der Waals surface area (Å²) in [5.74, 6) is -9.28. The molecule has 0 radical (unpaired) electrons. The van der Waals surface area contributed by atoms with Gasteiger partial charge < -0.3 is 66.0 Å². The number of allylic oxidation sites excluding steroid dienone is 2. The molecule has 97 heavy (non-hydrogen) atoms. The van der Waals surface area contributed by atoms with E-state index in [0.717, 1.165) is 4.90 Å². The van der Waals surface area contributed by atoms with Gasteiger partial charge in [0.2, 0.25) is 59.1 Å². The molecule has 558 valence electrons. The second-order valence-electron chi connectivity index (χ2n) is 30.5. The molecule has 7 N–H and O–H groups in total. The van der Waals surface area contributed by atoms with Crippen LogP contribution in [0.3, 0.4) is 0 Å². The minimum Gasteiger partial charge on any atom is -0.390 e. The monoisotopic (exact) mass is 1390 g/mol. The Kier molecular flexibility index (Phi) is 37.3. The van der Waals surface area contributed by atoms with Gasteiger partial charge in [-0.05, 0) is 148 Å². The number of Topliss-reactive ketones (excluding diaryl/α,β-unsaturated/α-hetero) is 1. The van der Waals surface area contributed by atoms with Crippen LogP contribution >= 0.6 is 11.8 Å². The number of ketones is 1. The van der Waals surface area contributed by atoms with Gasteiger partial charge in [0.25, 0.3) is 0 Å². The molecule has 0 bridgehead atoms. The Morgan fingerprint density at radius 2 is 0.979 bits per heavy atom. The van der Waals surface area contributed by atoms with Crippen molar-refractivity contribution in [2.24, 2.45) is 35.5 Å². The van der Waals surface area contributed by atoms with Gasteiger partial charge in [0.05, 0.1) is 29.9 Å². The number of hydrogen-bond acceptors (Lipinski definition) is 16. The third-order valence-corrected chi connectivity index (χ3v) is 19.3. The molecule has 1 saturated heterocycles. The van der Waals surface area contributed by atoms with E-state index in [4.69, 9.17) is 0 Å². The Balaban J connectivity index is 4.51. The van der Waals surface area contributed by atoms with Crippen LogP contribution in [0.1, 0.15) is 189 Å². The number of likely N-dealkylation sites (N-methyl/N-ethyl adjacent to an activating group) is 7. The van der Waals surface area contributed by atoms with Crippen LogP contribution in [0.15, 0.2) is 12.2 Å². The first-order chi connectivity index (χ1) is 44.6. The number of carbonyl (C=O) groups excluding carboxylic acids is 11. The van der Waals surface area contributed by atoms with E-state index in [2.05, 4.69) is 21.3 Å². The van der Waals surface area contributed by atoms with Crippen molar-refractivity contribution < 1.29 is 68.1 Å². The summed E-state index contributed by atoms with van der Waals surface area (Å²) in [5.41, 5.74) is -2.41. The fraction of sp³-hybridized carbons (Fsp3) is 0.817. The maximum Gasteiger partial charge on any atom is 0.246 e. The molecule has 26 heteroatoms. The zero-order valence-electron chi connectivity index (χ0n) is 63.9. The van der Waals surface area contributed by atoms with Gasteiger partial charge in [0, 0.05) is 54.5 Å². The lowest BCUT2D eigenvalue weighted by Crippen LogP contribution is -2.64. The van der Waals surface area contributed by atoms with Crippen molar-refractivity contribution in [3.63, 3.8) is 0 Å². The molecule has 13 atom stereocenters. The van der Waals surface area contributed by atoms with Gasteiger partial charge in [-0.2, -0.15) is 11.8 Å². The van der Waals surface area contributed by atoms with Crippen LogP contribution in [0, 0.1) is 35.5 Å². The summed E-state index contributed by atoms with van der Waals surface area (Å²) < 4.78 is 0. The molecule has 1 rings (SSSR count). The molecule has 0 aromatic carbocycles. The third kappa shape index (κ3) is 27.7. The lowest BCUT2D eigenvalue weighted by atomic mass is 9.91. The lowest BCUT2D eigenvalue weighted by Gasteiger charge is -2.41. The maximum absolute atomic E-state index is 15.4. The summed E-state index contributed by atoms with van der Waals surface area (Å²) in [6.07, 6.45) is 4.34. The van der Waals surface area contributed by atoms with Crippen molar-refractivity contribution in [2.75, 3.05) is 67.4 Å². The molecule has 0 spiro atoms. The van der Waals surface area contributed by atoms with Crippen LogP contribution in [0.25, 0.3) is 0 Å². The van der Waals surface area contributed by atoms with E-state index in [1.165, 1.54) is 118 Å². The normalized spacial score (nSPS) is 26.5. The number of thioether (sulfide) groups is 1. The fourth-order valence-electron chi connectivity index (χ4n) is 12.1. The van der Waals surface area contributed by atoms with Gasteiger partial charge in [-0.3, -0.25) is 57.6 Å². The minimum atomic E-state index is -1.65. The number of amides is 10. The summed E-state index contributed by atoms with van der Waals surface area (Å²) in [6, 6.07) is -14.0. The molecule has 0 unspecified atom stereocenters. The highest BCUT2D eigenvalue weighted by Crippen LogP contribution is 2.27. The quantitative estimate of drug-likeness (QED) is 0.0581. The van der Waals surface area contributed by atoms with Crippen LogP contribution in [0.2, 0.25) is 0 Å². The number of rotatable bonds is 22. The first kappa shape index (κ1) is 89.3. The number of nitrogens with zero attached hydrogens (tertiary/aromatic N) is 7. The molecule has 1 aliphatic rings. The van der Waals surface area contributed by atoms with Crippen molar-refractivity contribution >= 4 is 76.6 Å². The molecule has 0 aromatic rings. The van der Waals surface area contributed by atoms with E-state index in [-0.39, 0.29) is 62.0 Å². The van der Waals surface area contributed by atoms with E-state index in [1.54, 1.807) is 74.5 Å². The van der Waals surface area contributed by atoms with Crippen molar-refractivity contribution in [3.8, 4) is 0 Å². The lowest BCUT2D eigenvalue weighted by molar-refractivity contribution is -0.157. The molecule has 1 heterocycles. The molecule has 25 nitrogen and oxygen atoms in total. The Bertz CT molecular complexity index is 2640. The number of carbonyl (C=O) groups is 11. The zero-order chi connectivity index (χ0) is 75.2. The number of unbranched alkanes of at least 4 members (excludes halogenated alkanes) is 1. The highest BCUT2D eigenvalue weighted by Gasteiger charge is 2.46. The Labute approximate surface area is 585 Å². The summed E-state index contributed by atoms with van der Waals surface area (Å²) in [5, 5.41) is 45.1. The van der Waals surface area contributed by atoms with E-state index in [0.29, 0.717) is 25.0 Å². The first-order valence-electron chi connectivity index (χ1n) is 35.0. The standard InChI is InChI=1S/C71H129N11O14S/c1-27-29-32-46(13)59(84)58-63(88)74-49(28-2)65(90)80(24)54(40-97-34-31-30-33-70(16,17)95)55(83)39-76(20)53(38-71(18,19)96)62(87)75-56(44(9)10)68(93)77(21)50(35-41(3)4)61(86)72-47(14)60(85)73-48(15)64(89)78(22)51(36-42(5)6)66(91)79(23)52(37-43(7)8)67(92)81(25)57(45(11)12)69(94)82(58)26/h27,29,41-54,56-59,84,95-96H,28,30-40H2,1-26H3,(H,72,86)(H,73,85)(H,74,88)(H,75,87)/b29-27+/t46-,47+,48-,49+,50+,51+,52+,53+,54-,56+,57+,58+,59-/m1/s1. The van der Waals surface area contributed by atoms with Crippen LogP contribution in [-0.2, 0) is 52.7 Å². The Morgan fingerprint density at radius 3 is 1.45 bits per heavy atom. The predicted octanol–water partition coefficient (Wildman–Crippen LogP) is 4.47. The average molecular weight is 1390 g/mol. The van der Waals surface area contributed by atoms with Crippen molar-refractivity contribution in [1.29, 1.82) is 0 Å². The van der Waals surface area contributed by atoms with Crippen LogP contribution in [-0.4, -0.2) is 266 Å². The van der Waals surface area contributed by atoms with Gasteiger partial charge in [0.1, 0.15) is 60.4 Å². The summed E-state index contributed by atoms with van der Waals surface area (Å²) in [6.45, 7) is 32.0. The average Bonchev–Trinajstić information content (AvgIpc) is 0.806. The highest BCUT2D eigenvalue weighted by molar-refractivity contribution is 7.99. The number of aliphatic hydroxyl groups is 3. The highest BCUT2D eigenvalue weighted by atomic mass is 32.2. The molecule has 1 fully saturated rings. The topological polar surface area (TPSA) is 319 Å². The first-order valence-corrected chi connectivity index (χ1v) is 36.1. The van der Waals surface area contributed by atoms with Gasteiger partial charge in [-0.1, -0.05) is 95.2 Å². The van der Waals surface area contributed by atoms with Crippen LogP contribution in [0.4, 0.5) is 0 Å². The molecule has 1 aliphatic heterocycles. The number of aliphatic hydroxyl groups excluding tert-OH is 1. The van der Waals surface area contributed by atoms with E-state index in [9.17, 15) is 39.3 Å². The van der Waals surface area contributed by atoms with Gasteiger partial charge >= 0.3 is 0 Å². The maximum atomic E-state index is 15.4. The van der Waals surface area contributed by atoms with E-state index in [1.807, 2.05) is 41.5 Å². The van der Waals surface area contributed by atoms with Crippen molar-refractivity contribution in [1.82, 2.24) is 55.6 Å². The second kappa shape index (κ2) is 40.5. The molecule has 0 saturated carbocycles. The SMILES string of the molecule is C/C=C/C[C@@H](C)[C@@H](O)[C@H]1C(=O)N[C@@H](CC)C(=O)N(C)[C@H](CSCCCCC(C)(C)O)C(=O)CN(C)[C@@H](CC(C)(C)O)C(=O)N[C@@H](C(C)C)C(=O)N(C)[C@@H](CC(C)C)C(=O)N[C@@H](C)C(=O)N[C@H](C)C(=O)N(C)[C@@H](CC(C)C)C(=O)N(C)[C@@H](CC(C)C)C(=O)N(C)[C@@H](C(C)C)C(=O)N1C. The molecular weight excluding hydrogens is 1260 g/mol. The van der Waals surface area contributed by atoms with Gasteiger partial charge in [-0.25, -0.2) is 0 Å². The summed E-state index contributed by atoms with van der Waals surface area (Å²) in [7, 11) is 10.0. The Hall–Kier alpha value is -5.70. The second-order valence-corrected chi connectivity index (χ2v) is 31.6. The van der Waals surface area contributed by atoms with Crippen LogP contribution < -0.4 is 21.3 Å². The molecule has 0 aromatic heterocycles. The zero-order valence-corrected chi connectivity index (χ0v) is 64.7. The Morgan fingerprint density at radius 1 is 0.515 bits per heavy atom. The minimum absolute atomic E-state index is 0.0118. The van der Waals surface area contributed by atoms with Gasteiger partial charge in [-0.15, -0.1) is 0 Å². The van der Waals surface area contributed by atoms with Crippen LogP contribution in [0.5, 0.6) is 0 Å². The predicted molar refractivity (Wildman–Crippen MR) is 381 cm³/mol. The van der Waals surface area contributed by atoms with E-state index >= 15 is 28.8 Å². The molecular formula is C71H129N11O14S. The van der Waals surface area contributed by atoms with E-state index < -0.39 is 173 Å². The van der Waals surface area contributed by atoms with Crippen molar-refractivity contribution in [2.45, 2.75) is 273 Å². The largest absolute Gasteiger partial charge is 0.390 e. The smallest absolute Gasteiger partial charge is 0.246 e. The number of nitrogens with one attached hydrogen (secondary N) is 4.